The van der Waals surface area contributed by atoms with Gasteiger partial charge in [-0.25, -0.2) is 13.8 Å². The van der Waals surface area contributed by atoms with E-state index < -0.39 is 11.6 Å². The number of aromatic nitrogens is 2. The fourth-order valence-electron chi connectivity index (χ4n) is 2.51. The molecule has 0 spiro atoms. The summed E-state index contributed by atoms with van der Waals surface area (Å²) in [6, 6.07) is 12.2. The van der Waals surface area contributed by atoms with E-state index in [9.17, 15) is 8.78 Å². The van der Waals surface area contributed by atoms with Crippen molar-refractivity contribution in [2.24, 2.45) is 0 Å². The van der Waals surface area contributed by atoms with Crippen LogP contribution in [0.5, 0.6) is 0 Å². The monoisotopic (exact) mass is 323 g/mol. The number of aryl methyl sites for hydroxylation is 2. The van der Waals surface area contributed by atoms with Crippen LogP contribution in [0.15, 0.2) is 36.4 Å². The second kappa shape index (κ2) is 6.63. The van der Waals surface area contributed by atoms with Crippen LogP contribution >= 0.6 is 0 Å². The Morgan fingerprint density at radius 2 is 1.83 bits per heavy atom. The summed E-state index contributed by atoms with van der Waals surface area (Å²) in [4.78, 5) is 4.36. The van der Waals surface area contributed by atoms with Gasteiger partial charge in [0.05, 0.1) is 23.5 Å². The van der Waals surface area contributed by atoms with Crippen molar-refractivity contribution in [3.05, 3.63) is 65.0 Å². The highest BCUT2D eigenvalue weighted by atomic mass is 19.2. The number of imidazole rings is 1. The Balaban J connectivity index is 2.05. The molecule has 0 N–H and O–H groups in total. The second-order valence-electron chi connectivity index (χ2n) is 5.53. The van der Waals surface area contributed by atoms with E-state index >= 15 is 0 Å². The molecule has 0 aliphatic heterocycles. The maximum absolute atomic E-state index is 13.5. The summed E-state index contributed by atoms with van der Waals surface area (Å²) in [7, 11) is 0. The van der Waals surface area contributed by atoms with Crippen LogP contribution in [0.3, 0.4) is 0 Å². The van der Waals surface area contributed by atoms with Gasteiger partial charge in [0, 0.05) is 18.7 Å². The molecule has 1 aromatic heterocycles. The van der Waals surface area contributed by atoms with Gasteiger partial charge in [0.1, 0.15) is 5.82 Å². The molecule has 3 aromatic rings. The molecule has 0 saturated carbocycles. The third kappa shape index (κ3) is 3.18. The highest BCUT2D eigenvalue weighted by Crippen LogP contribution is 2.22. The molecule has 3 rings (SSSR count). The predicted molar refractivity (Wildman–Crippen MR) is 90.0 cm³/mol. The number of nitriles is 1. The van der Waals surface area contributed by atoms with E-state index in [1.165, 1.54) is 5.56 Å². The molecule has 3 nitrogen and oxygen atoms in total. The van der Waals surface area contributed by atoms with Crippen LogP contribution in [0.4, 0.5) is 8.78 Å². The van der Waals surface area contributed by atoms with Crippen molar-refractivity contribution >= 4 is 23.2 Å². The van der Waals surface area contributed by atoms with E-state index in [0.717, 1.165) is 17.7 Å². The van der Waals surface area contributed by atoms with Crippen molar-refractivity contribution in [1.82, 2.24) is 9.55 Å². The van der Waals surface area contributed by atoms with E-state index in [-0.39, 0.29) is 6.42 Å². The normalized spacial score (nSPS) is 11.2. The zero-order valence-corrected chi connectivity index (χ0v) is 13.1. The second-order valence-corrected chi connectivity index (χ2v) is 5.53. The van der Waals surface area contributed by atoms with E-state index in [4.69, 9.17) is 5.26 Å². The summed E-state index contributed by atoms with van der Waals surface area (Å²) in [5, 5.41) is 8.82. The van der Waals surface area contributed by atoms with Crippen molar-refractivity contribution in [3.63, 3.8) is 0 Å². The third-order valence-corrected chi connectivity index (χ3v) is 3.77. The smallest absolute Gasteiger partial charge is 0.161 e. The van der Waals surface area contributed by atoms with Crippen molar-refractivity contribution < 1.29 is 8.78 Å². The largest absolute Gasteiger partial charge is 0.323 e. The highest BCUT2D eigenvalue weighted by molar-refractivity contribution is 5.80. The molecule has 0 aliphatic carbocycles. The minimum Gasteiger partial charge on any atom is -0.323 e. The van der Waals surface area contributed by atoms with Gasteiger partial charge in [0.15, 0.2) is 11.6 Å². The first-order valence-electron chi connectivity index (χ1n) is 7.55. The maximum atomic E-state index is 13.5. The average molecular weight is 323 g/mol. The van der Waals surface area contributed by atoms with Crippen LogP contribution < -0.4 is 0 Å². The number of fused-ring (bicyclic) bond motifs is 1. The molecule has 0 bridgehead atoms. The molecule has 24 heavy (non-hydrogen) atoms. The standard InChI is InChI=1S/C19H15F2N3/c1-13-3-5-14(6-4-13)7-8-19-23-17-11-15(20)16(21)12-18(17)24(19)10-2-9-22/h3-8,11-12H,2,10H2,1H3/b8-7+. The Kier molecular flexibility index (Phi) is 4.39. The molecule has 120 valence electrons. The van der Waals surface area contributed by atoms with E-state index in [0.29, 0.717) is 23.4 Å². The molecule has 1 heterocycles. The molecular weight excluding hydrogens is 308 g/mol. The van der Waals surface area contributed by atoms with Gasteiger partial charge >= 0.3 is 0 Å². The molecule has 2 aromatic carbocycles. The fourth-order valence-corrected chi connectivity index (χ4v) is 2.51. The van der Waals surface area contributed by atoms with Gasteiger partial charge in [-0.15, -0.1) is 0 Å². The number of halogens is 2. The molecule has 0 amide bonds. The summed E-state index contributed by atoms with van der Waals surface area (Å²) < 4.78 is 28.7. The maximum Gasteiger partial charge on any atom is 0.161 e. The summed E-state index contributed by atoms with van der Waals surface area (Å²) in [6.07, 6.45) is 3.93. The molecular formula is C19H15F2N3. The fraction of sp³-hybridized carbons (Fsp3) is 0.158. The number of hydrogen-bond acceptors (Lipinski definition) is 2. The zero-order valence-electron chi connectivity index (χ0n) is 13.1. The number of rotatable bonds is 4. The van der Waals surface area contributed by atoms with Crippen LogP contribution in [0.2, 0.25) is 0 Å². The van der Waals surface area contributed by atoms with Crippen LogP contribution in [0.25, 0.3) is 23.2 Å². The van der Waals surface area contributed by atoms with E-state index in [2.05, 4.69) is 11.1 Å². The lowest BCUT2D eigenvalue weighted by atomic mass is 10.1. The van der Waals surface area contributed by atoms with Crippen LogP contribution in [-0.2, 0) is 6.54 Å². The molecule has 0 atom stereocenters. The quantitative estimate of drug-likeness (QED) is 0.698. The van der Waals surface area contributed by atoms with Gasteiger partial charge in [-0.05, 0) is 18.6 Å². The lowest BCUT2D eigenvalue weighted by molar-refractivity contribution is 0.510. The molecule has 0 fully saturated rings. The van der Waals surface area contributed by atoms with E-state index in [1.54, 1.807) is 10.6 Å². The van der Waals surface area contributed by atoms with Gasteiger partial charge in [0.2, 0.25) is 0 Å². The minimum absolute atomic E-state index is 0.260. The van der Waals surface area contributed by atoms with Gasteiger partial charge < -0.3 is 4.57 Å². The van der Waals surface area contributed by atoms with Gasteiger partial charge in [-0.1, -0.05) is 35.9 Å². The van der Waals surface area contributed by atoms with E-state index in [1.807, 2.05) is 37.3 Å². The Morgan fingerprint density at radius 3 is 2.54 bits per heavy atom. The number of benzene rings is 2. The zero-order chi connectivity index (χ0) is 17.1. The van der Waals surface area contributed by atoms with Crippen LogP contribution in [0, 0.1) is 29.9 Å². The Hall–Kier alpha value is -3.00. The third-order valence-electron chi connectivity index (χ3n) is 3.77. The summed E-state index contributed by atoms with van der Waals surface area (Å²) in [6.45, 7) is 2.38. The highest BCUT2D eigenvalue weighted by Gasteiger charge is 2.12. The Bertz CT molecular complexity index is 947. The van der Waals surface area contributed by atoms with Crippen molar-refractivity contribution in [1.29, 1.82) is 5.26 Å². The number of hydrogen-bond donors (Lipinski definition) is 0. The van der Waals surface area contributed by atoms with Gasteiger partial charge in [-0.2, -0.15) is 5.26 Å². The lowest BCUT2D eigenvalue weighted by Gasteiger charge is -2.04. The van der Waals surface area contributed by atoms with Crippen LogP contribution in [-0.4, -0.2) is 9.55 Å². The summed E-state index contributed by atoms with van der Waals surface area (Å²) in [5.74, 6) is -1.29. The first-order chi connectivity index (χ1) is 11.6. The van der Waals surface area contributed by atoms with Gasteiger partial charge in [-0.3, -0.25) is 0 Å². The summed E-state index contributed by atoms with van der Waals surface area (Å²) in [5.41, 5.74) is 3.01. The predicted octanol–water partition coefficient (Wildman–Crippen LogP) is 4.71. The number of nitrogens with zero attached hydrogens (tertiary/aromatic N) is 3. The first-order valence-corrected chi connectivity index (χ1v) is 7.55. The lowest BCUT2D eigenvalue weighted by Crippen LogP contribution is -2.00. The average Bonchev–Trinajstić information content (AvgIpc) is 2.89. The van der Waals surface area contributed by atoms with Crippen molar-refractivity contribution in [3.8, 4) is 6.07 Å². The Morgan fingerprint density at radius 1 is 1.12 bits per heavy atom. The molecule has 0 saturated heterocycles. The SMILES string of the molecule is Cc1ccc(/C=C/c2nc3cc(F)c(F)cc3n2CCC#N)cc1. The Labute approximate surface area is 138 Å². The molecule has 5 heteroatoms. The summed E-state index contributed by atoms with van der Waals surface area (Å²) >= 11 is 0. The van der Waals surface area contributed by atoms with Crippen LogP contribution in [0.1, 0.15) is 23.4 Å². The van der Waals surface area contributed by atoms with Crippen molar-refractivity contribution in [2.75, 3.05) is 0 Å². The van der Waals surface area contributed by atoms with Gasteiger partial charge in [0.25, 0.3) is 0 Å². The topological polar surface area (TPSA) is 41.6 Å². The minimum atomic E-state index is -0.929. The molecule has 0 radical (unpaired) electrons. The van der Waals surface area contributed by atoms with Crippen molar-refractivity contribution in [2.45, 2.75) is 19.9 Å². The molecule has 0 unspecified atom stereocenters. The first kappa shape index (κ1) is 15.9. The molecule has 0 aliphatic rings.